The van der Waals surface area contributed by atoms with E-state index in [1.54, 1.807) is 18.2 Å². The van der Waals surface area contributed by atoms with E-state index in [4.69, 9.17) is 23.8 Å². The van der Waals surface area contributed by atoms with E-state index in [9.17, 15) is 4.79 Å². The third-order valence-corrected chi connectivity index (χ3v) is 3.15. The number of amides is 1. The molecular weight excluding hydrogens is 318 g/mol. The minimum atomic E-state index is -0.306. The minimum absolute atomic E-state index is 0.197. The molecule has 1 amide bonds. The maximum atomic E-state index is 11.8. The van der Waals surface area contributed by atoms with Crippen LogP contribution in [0.2, 0.25) is 5.15 Å². The highest BCUT2D eigenvalue weighted by molar-refractivity contribution is 7.80. The molecule has 112 valence electrons. The van der Waals surface area contributed by atoms with Crippen LogP contribution in [0.3, 0.4) is 0 Å². The monoisotopic (exact) mass is 331 g/mol. The molecule has 0 aliphatic carbocycles. The number of nitrogens with zero attached hydrogens (tertiary/aromatic N) is 1. The molecule has 0 bridgehead atoms. The largest absolute Gasteiger partial charge is 0.331 e. The maximum Gasteiger partial charge on any atom is 0.250 e. The molecule has 0 saturated carbocycles. The van der Waals surface area contributed by atoms with Gasteiger partial charge in [-0.05, 0) is 42.9 Å². The van der Waals surface area contributed by atoms with Gasteiger partial charge >= 0.3 is 0 Å². The highest BCUT2D eigenvalue weighted by Gasteiger charge is 2.02. The summed E-state index contributed by atoms with van der Waals surface area (Å²) in [5, 5.41) is 6.00. The fraction of sp³-hybridized carbons (Fsp3) is 0.0625. The number of aromatic nitrogens is 1. The van der Waals surface area contributed by atoms with Crippen LogP contribution < -0.4 is 10.6 Å². The first-order chi connectivity index (χ1) is 10.5. The van der Waals surface area contributed by atoms with Gasteiger partial charge in [-0.25, -0.2) is 4.98 Å². The SMILES string of the molecule is Cc1ccc(/C=C/C(=O)NC(=S)Nc2ccc(Cl)nc2)cc1. The molecule has 22 heavy (non-hydrogen) atoms. The Morgan fingerprint density at radius 3 is 2.59 bits per heavy atom. The highest BCUT2D eigenvalue weighted by atomic mass is 35.5. The van der Waals surface area contributed by atoms with Gasteiger partial charge in [0.1, 0.15) is 5.15 Å². The summed E-state index contributed by atoms with van der Waals surface area (Å²) in [5.74, 6) is -0.306. The summed E-state index contributed by atoms with van der Waals surface area (Å²) in [5.41, 5.74) is 2.77. The number of hydrogen-bond acceptors (Lipinski definition) is 3. The van der Waals surface area contributed by atoms with Crippen LogP contribution in [-0.4, -0.2) is 16.0 Å². The van der Waals surface area contributed by atoms with E-state index >= 15 is 0 Å². The first-order valence-electron chi connectivity index (χ1n) is 6.51. The predicted molar refractivity (Wildman–Crippen MR) is 93.8 cm³/mol. The molecule has 1 heterocycles. The van der Waals surface area contributed by atoms with Crippen molar-refractivity contribution in [3.63, 3.8) is 0 Å². The standard InChI is InChI=1S/C16H14ClN3OS/c1-11-2-4-12(5-3-11)6-9-15(21)20-16(22)19-13-7-8-14(17)18-10-13/h2-10H,1H3,(H2,19,20,21,22)/b9-6+. The fourth-order valence-electron chi connectivity index (χ4n) is 1.62. The van der Waals surface area contributed by atoms with E-state index in [2.05, 4.69) is 15.6 Å². The highest BCUT2D eigenvalue weighted by Crippen LogP contribution is 2.09. The van der Waals surface area contributed by atoms with E-state index in [1.807, 2.05) is 31.2 Å². The van der Waals surface area contributed by atoms with Crippen LogP contribution in [0.15, 0.2) is 48.7 Å². The Morgan fingerprint density at radius 1 is 1.23 bits per heavy atom. The van der Waals surface area contributed by atoms with Crippen molar-refractivity contribution < 1.29 is 4.79 Å². The Kier molecular flexibility index (Phi) is 5.63. The van der Waals surface area contributed by atoms with Gasteiger partial charge in [0.2, 0.25) is 5.91 Å². The van der Waals surface area contributed by atoms with Crippen molar-refractivity contribution >= 4 is 46.6 Å². The summed E-state index contributed by atoms with van der Waals surface area (Å²) in [6, 6.07) is 11.2. The Labute approximate surface area is 139 Å². The summed E-state index contributed by atoms with van der Waals surface area (Å²) < 4.78 is 0. The van der Waals surface area contributed by atoms with Gasteiger partial charge in [-0.3, -0.25) is 10.1 Å². The fourth-order valence-corrected chi connectivity index (χ4v) is 1.95. The molecule has 2 rings (SSSR count). The van der Waals surface area contributed by atoms with Gasteiger partial charge in [0.05, 0.1) is 11.9 Å². The zero-order valence-electron chi connectivity index (χ0n) is 11.8. The molecule has 4 nitrogen and oxygen atoms in total. The lowest BCUT2D eigenvalue weighted by atomic mass is 10.1. The van der Waals surface area contributed by atoms with Crippen molar-refractivity contribution in [3.05, 3.63) is 65.0 Å². The van der Waals surface area contributed by atoms with Crippen LogP contribution in [0.1, 0.15) is 11.1 Å². The van der Waals surface area contributed by atoms with E-state index in [-0.39, 0.29) is 11.0 Å². The number of hydrogen-bond donors (Lipinski definition) is 2. The van der Waals surface area contributed by atoms with Gasteiger partial charge in [-0.1, -0.05) is 41.4 Å². The molecule has 2 aromatic rings. The third kappa shape index (κ3) is 5.27. The molecule has 0 spiro atoms. The van der Waals surface area contributed by atoms with Crippen molar-refractivity contribution in [2.75, 3.05) is 5.32 Å². The first-order valence-corrected chi connectivity index (χ1v) is 7.30. The van der Waals surface area contributed by atoms with E-state index in [0.717, 1.165) is 5.56 Å². The number of anilines is 1. The summed E-state index contributed by atoms with van der Waals surface area (Å²) in [7, 11) is 0. The molecule has 0 aliphatic rings. The Hall–Kier alpha value is -2.24. The van der Waals surface area contributed by atoms with E-state index in [1.165, 1.54) is 17.8 Å². The Morgan fingerprint density at radius 2 is 1.95 bits per heavy atom. The Bertz CT molecular complexity index is 696. The smallest absolute Gasteiger partial charge is 0.250 e. The van der Waals surface area contributed by atoms with Crippen molar-refractivity contribution in [1.82, 2.24) is 10.3 Å². The predicted octanol–water partition coefficient (Wildman–Crippen LogP) is 3.57. The molecule has 0 saturated heterocycles. The van der Waals surface area contributed by atoms with Crippen LogP contribution in [0.5, 0.6) is 0 Å². The number of carbonyl (C=O) groups excluding carboxylic acids is 1. The lowest BCUT2D eigenvalue weighted by Gasteiger charge is -2.07. The molecule has 0 fully saturated rings. The van der Waals surface area contributed by atoms with Gasteiger partial charge in [0.15, 0.2) is 5.11 Å². The number of aryl methyl sites for hydroxylation is 1. The second-order valence-electron chi connectivity index (χ2n) is 4.56. The topological polar surface area (TPSA) is 54.0 Å². The van der Waals surface area contributed by atoms with E-state index in [0.29, 0.717) is 10.8 Å². The molecule has 0 aliphatic heterocycles. The van der Waals surface area contributed by atoms with Gasteiger partial charge < -0.3 is 5.32 Å². The number of nitrogens with one attached hydrogen (secondary N) is 2. The zero-order chi connectivity index (χ0) is 15.9. The number of thiocarbonyl (C=S) groups is 1. The molecule has 1 aromatic heterocycles. The maximum absolute atomic E-state index is 11.8. The molecule has 0 atom stereocenters. The first kappa shape index (κ1) is 16.1. The van der Waals surface area contributed by atoms with Crippen molar-refractivity contribution in [2.24, 2.45) is 0 Å². The number of halogens is 1. The molecule has 0 unspecified atom stereocenters. The summed E-state index contributed by atoms with van der Waals surface area (Å²) in [4.78, 5) is 15.7. The summed E-state index contributed by atoms with van der Waals surface area (Å²) >= 11 is 10.7. The summed E-state index contributed by atoms with van der Waals surface area (Å²) in [6.45, 7) is 2.01. The second kappa shape index (κ2) is 7.68. The average Bonchev–Trinajstić information content (AvgIpc) is 2.49. The number of pyridine rings is 1. The van der Waals surface area contributed by atoms with Crippen LogP contribution in [-0.2, 0) is 4.79 Å². The summed E-state index contributed by atoms with van der Waals surface area (Å²) in [6.07, 6.45) is 4.68. The zero-order valence-corrected chi connectivity index (χ0v) is 13.4. The number of carbonyl (C=O) groups is 1. The van der Waals surface area contributed by atoms with E-state index < -0.39 is 0 Å². The third-order valence-electron chi connectivity index (χ3n) is 2.73. The number of rotatable bonds is 3. The average molecular weight is 332 g/mol. The molecule has 1 aromatic carbocycles. The number of benzene rings is 1. The van der Waals surface area contributed by atoms with Gasteiger partial charge in [0.25, 0.3) is 0 Å². The molecular formula is C16H14ClN3OS. The normalized spacial score (nSPS) is 10.5. The van der Waals surface area contributed by atoms with Crippen LogP contribution in [0.25, 0.3) is 6.08 Å². The van der Waals surface area contributed by atoms with Gasteiger partial charge in [0, 0.05) is 6.08 Å². The van der Waals surface area contributed by atoms with Gasteiger partial charge in [-0.2, -0.15) is 0 Å². The lowest BCUT2D eigenvalue weighted by molar-refractivity contribution is -0.115. The quantitative estimate of drug-likeness (QED) is 0.513. The second-order valence-corrected chi connectivity index (χ2v) is 5.35. The Balaban J connectivity index is 1.87. The van der Waals surface area contributed by atoms with Crippen molar-refractivity contribution in [3.8, 4) is 0 Å². The molecule has 0 radical (unpaired) electrons. The molecule has 6 heteroatoms. The van der Waals surface area contributed by atoms with Crippen LogP contribution >= 0.6 is 23.8 Å². The van der Waals surface area contributed by atoms with Crippen molar-refractivity contribution in [2.45, 2.75) is 6.92 Å². The lowest BCUT2D eigenvalue weighted by Crippen LogP contribution is -2.32. The minimum Gasteiger partial charge on any atom is -0.331 e. The van der Waals surface area contributed by atoms with Crippen LogP contribution in [0, 0.1) is 6.92 Å². The van der Waals surface area contributed by atoms with Crippen molar-refractivity contribution in [1.29, 1.82) is 0 Å². The van der Waals surface area contributed by atoms with Crippen LogP contribution in [0.4, 0.5) is 5.69 Å². The van der Waals surface area contributed by atoms with Gasteiger partial charge in [-0.15, -0.1) is 0 Å². The molecule has 2 N–H and O–H groups in total.